The predicted molar refractivity (Wildman–Crippen MR) is 132 cm³/mol. The van der Waals surface area contributed by atoms with Crippen LogP contribution in [0.15, 0.2) is 11.6 Å². The molecule has 0 aliphatic heterocycles. The zero-order valence-electron chi connectivity index (χ0n) is 20.9. The Balaban J connectivity index is 2.05. The van der Waals surface area contributed by atoms with Crippen molar-refractivity contribution in [3.63, 3.8) is 0 Å². The summed E-state index contributed by atoms with van der Waals surface area (Å²) >= 11 is -2.16. The summed E-state index contributed by atoms with van der Waals surface area (Å²) in [5.74, 6) is 0.848. The first-order chi connectivity index (χ1) is 13.8. The molecule has 2 aliphatic rings. The molecule has 1 nitrogen and oxygen atoms in total. The van der Waals surface area contributed by atoms with Gasteiger partial charge in [0.2, 0.25) is 0 Å². The van der Waals surface area contributed by atoms with Crippen molar-refractivity contribution in [1.29, 1.82) is 0 Å². The summed E-state index contributed by atoms with van der Waals surface area (Å²) in [5, 5.41) is 0. The molecule has 2 heteroatoms. The van der Waals surface area contributed by atoms with Crippen LogP contribution in [-0.4, -0.2) is 29.6 Å². The summed E-state index contributed by atoms with van der Waals surface area (Å²) in [6, 6.07) is 0. The van der Waals surface area contributed by atoms with Gasteiger partial charge in [-0.05, 0) is 0 Å². The molecule has 0 spiro atoms. The van der Waals surface area contributed by atoms with E-state index >= 15 is 0 Å². The van der Waals surface area contributed by atoms with Crippen LogP contribution in [0.4, 0.5) is 0 Å². The van der Waals surface area contributed by atoms with Crippen LogP contribution >= 0.6 is 0 Å². The van der Waals surface area contributed by atoms with E-state index in [0.29, 0.717) is 10.8 Å². The second-order valence-corrected chi connectivity index (χ2v) is 25.1. The number of rotatable bonds is 13. The van der Waals surface area contributed by atoms with Crippen LogP contribution in [-0.2, 0) is 4.74 Å². The zero-order valence-corrected chi connectivity index (χ0v) is 23.7. The van der Waals surface area contributed by atoms with E-state index in [0.717, 1.165) is 12.5 Å². The molecule has 0 aromatic heterocycles. The predicted octanol–water partition coefficient (Wildman–Crippen LogP) is 8.94. The molecule has 0 heterocycles. The first-order valence-corrected chi connectivity index (χ1v) is 21.2. The molecule has 0 bridgehead atoms. The van der Waals surface area contributed by atoms with Crippen molar-refractivity contribution in [1.82, 2.24) is 0 Å². The summed E-state index contributed by atoms with van der Waals surface area (Å²) in [7, 11) is 0. The Morgan fingerprint density at radius 2 is 1.52 bits per heavy atom. The van der Waals surface area contributed by atoms with Crippen molar-refractivity contribution < 1.29 is 4.74 Å². The van der Waals surface area contributed by atoms with Gasteiger partial charge in [-0.1, -0.05) is 0 Å². The molecule has 1 fully saturated rings. The van der Waals surface area contributed by atoms with Gasteiger partial charge in [-0.2, -0.15) is 0 Å². The van der Waals surface area contributed by atoms with Gasteiger partial charge in [-0.15, -0.1) is 0 Å². The van der Waals surface area contributed by atoms with Crippen molar-refractivity contribution in [2.45, 2.75) is 125 Å². The number of hydrogen-bond acceptors (Lipinski definition) is 1. The summed E-state index contributed by atoms with van der Waals surface area (Å²) < 4.78 is 12.6. The number of fused-ring (bicyclic) bond motifs is 1. The maximum absolute atomic E-state index is 6.74. The quantitative estimate of drug-likeness (QED) is 0.177. The average Bonchev–Trinajstić information content (AvgIpc) is 2.69. The van der Waals surface area contributed by atoms with Crippen molar-refractivity contribution >= 4 is 18.4 Å². The summed E-state index contributed by atoms with van der Waals surface area (Å²) in [6.07, 6.45) is 17.8. The molecule has 0 unspecified atom stereocenters. The van der Waals surface area contributed by atoms with Crippen LogP contribution in [0.1, 0.15) is 112 Å². The molecule has 0 aromatic rings. The molecule has 29 heavy (non-hydrogen) atoms. The Morgan fingerprint density at radius 1 is 0.931 bits per heavy atom. The van der Waals surface area contributed by atoms with E-state index in [1.165, 1.54) is 75.3 Å². The fourth-order valence-electron chi connectivity index (χ4n) is 6.72. The summed E-state index contributed by atoms with van der Waals surface area (Å²) in [4.78, 5) is 0. The van der Waals surface area contributed by atoms with Gasteiger partial charge in [0.25, 0.3) is 0 Å². The van der Waals surface area contributed by atoms with Gasteiger partial charge in [-0.3, -0.25) is 0 Å². The van der Waals surface area contributed by atoms with Crippen LogP contribution in [0.3, 0.4) is 0 Å². The molecule has 0 aromatic carbocycles. The molecule has 0 radical (unpaired) electrons. The third kappa shape index (κ3) is 6.74. The fraction of sp³-hybridized carbons (Fsp3) is 0.926. The van der Waals surface area contributed by atoms with E-state index in [2.05, 4.69) is 47.6 Å². The van der Waals surface area contributed by atoms with Gasteiger partial charge in [0, 0.05) is 0 Å². The van der Waals surface area contributed by atoms with Crippen LogP contribution in [0.25, 0.3) is 0 Å². The number of ether oxygens (including phenoxy) is 1. The van der Waals surface area contributed by atoms with Crippen LogP contribution < -0.4 is 0 Å². The molecule has 0 N–H and O–H groups in total. The first-order valence-electron chi connectivity index (χ1n) is 13.1. The van der Waals surface area contributed by atoms with Gasteiger partial charge < -0.3 is 0 Å². The molecule has 2 rings (SSSR count). The van der Waals surface area contributed by atoms with Gasteiger partial charge >= 0.3 is 188 Å². The fourth-order valence-corrected chi connectivity index (χ4v) is 21.1. The molecule has 0 saturated heterocycles. The van der Waals surface area contributed by atoms with E-state index in [9.17, 15) is 0 Å². The monoisotopic (exact) mass is 512 g/mol. The normalized spacial score (nSPS) is 26.8. The number of allylic oxidation sites excluding steroid dienone is 1. The van der Waals surface area contributed by atoms with Crippen molar-refractivity contribution in [3.8, 4) is 0 Å². The molecule has 0 amide bonds. The van der Waals surface area contributed by atoms with E-state index in [1.54, 1.807) is 18.9 Å². The first kappa shape index (κ1) is 25.8. The number of hydrogen-bond donors (Lipinski definition) is 0. The Labute approximate surface area is 187 Å². The van der Waals surface area contributed by atoms with Crippen molar-refractivity contribution in [2.24, 2.45) is 16.7 Å². The zero-order chi connectivity index (χ0) is 21.4. The van der Waals surface area contributed by atoms with Gasteiger partial charge in [0.05, 0.1) is 0 Å². The minimum absolute atomic E-state index is 0.397. The molecule has 2 atom stereocenters. The molecule has 1 saturated carbocycles. The standard InChI is InChI=1S/C15H25O.3C4H9.Sn/c1-14(2)9-6-10-15(3)12(11-16-4)7-5-8-13(14)15;3*1-3-4-2;/h7,13H,4-6,8-11H2,1-3H3;3*1,3-4H2,2H3;/t13-,15+;;;;/m0..../s1. The van der Waals surface area contributed by atoms with Crippen LogP contribution in [0, 0.1) is 16.7 Å². The Morgan fingerprint density at radius 3 is 2.07 bits per heavy atom. The maximum atomic E-state index is 6.74. The van der Waals surface area contributed by atoms with Gasteiger partial charge in [-0.25, -0.2) is 0 Å². The molecule has 170 valence electrons. The Bertz CT molecular complexity index is 487. The van der Waals surface area contributed by atoms with E-state index in [4.69, 9.17) is 4.74 Å². The Hall–Kier alpha value is 0.499. The van der Waals surface area contributed by atoms with Gasteiger partial charge in [0.1, 0.15) is 0 Å². The third-order valence-corrected chi connectivity index (χ3v) is 23.1. The molecule has 2 aliphatic carbocycles. The van der Waals surface area contributed by atoms with E-state index in [1.807, 2.05) is 0 Å². The average molecular weight is 511 g/mol. The van der Waals surface area contributed by atoms with E-state index < -0.39 is 18.4 Å². The Kier molecular flexibility index (Phi) is 10.6. The van der Waals surface area contributed by atoms with Crippen LogP contribution in [0.5, 0.6) is 0 Å². The van der Waals surface area contributed by atoms with Gasteiger partial charge in [0.15, 0.2) is 0 Å². The van der Waals surface area contributed by atoms with Crippen molar-refractivity contribution in [2.75, 3.05) is 11.2 Å². The topological polar surface area (TPSA) is 9.23 Å². The minimum atomic E-state index is -2.16. The second kappa shape index (κ2) is 11.9. The second-order valence-electron chi connectivity index (χ2n) is 11.4. The SMILES string of the molecule is CCC[CH2][Sn]([CH2]CCC)([CH2]CCC)[CH2]OCC1=CCC[C@H]2C(C)(C)CCC[C@]12C. The molecular formula is C27H52OSn. The molecular weight excluding hydrogens is 459 g/mol. The summed E-state index contributed by atoms with van der Waals surface area (Å²) in [5.41, 5.74) is 2.57. The van der Waals surface area contributed by atoms with Crippen molar-refractivity contribution in [3.05, 3.63) is 11.6 Å². The van der Waals surface area contributed by atoms with E-state index in [-0.39, 0.29) is 0 Å². The van der Waals surface area contributed by atoms with Crippen LogP contribution in [0.2, 0.25) is 13.3 Å². The number of unbranched alkanes of at least 4 members (excludes halogenated alkanes) is 3. The third-order valence-electron chi connectivity index (χ3n) is 8.66. The summed E-state index contributed by atoms with van der Waals surface area (Å²) in [6.45, 7) is 15.7.